The lowest BCUT2D eigenvalue weighted by Crippen LogP contribution is -2.41. The Morgan fingerprint density at radius 2 is 1.89 bits per heavy atom. The fraction of sp³-hybridized carbons (Fsp3) is 0.333. The molecule has 2 aromatic rings. The zero-order chi connectivity index (χ0) is 19.6. The highest BCUT2D eigenvalue weighted by Crippen LogP contribution is 2.14. The third kappa shape index (κ3) is 6.33. The number of likely N-dealkylation sites (N-methyl/N-ethyl adjacent to an activating group) is 1. The van der Waals surface area contributed by atoms with Gasteiger partial charge in [0.05, 0.1) is 0 Å². The van der Waals surface area contributed by atoms with Gasteiger partial charge in [-0.05, 0) is 49.2 Å². The van der Waals surface area contributed by atoms with Gasteiger partial charge in [-0.25, -0.2) is 0 Å². The molecule has 27 heavy (non-hydrogen) atoms. The Bertz CT molecular complexity index is 770. The molecule has 0 aliphatic rings. The highest BCUT2D eigenvalue weighted by Gasteiger charge is 2.05. The molecule has 0 aliphatic carbocycles. The first-order valence-electron chi connectivity index (χ1n) is 9.18. The van der Waals surface area contributed by atoms with Crippen molar-refractivity contribution in [1.82, 2.24) is 10.6 Å². The van der Waals surface area contributed by atoms with E-state index in [2.05, 4.69) is 58.6 Å². The van der Waals surface area contributed by atoms with Gasteiger partial charge in [-0.2, -0.15) is 0 Å². The normalized spacial score (nSPS) is 11.1. The Hall–Kier alpha value is -3.02. The minimum absolute atomic E-state index is 0.416. The van der Waals surface area contributed by atoms with Crippen molar-refractivity contribution >= 4 is 17.6 Å². The number of aliphatic imine (C=N–C) groups is 1. The van der Waals surface area contributed by atoms with Crippen LogP contribution in [0, 0.1) is 6.92 Å². The van der Waals surface area contributed by atoms with Gasteiger partial charge in [-0.15, -0.1) is 0 Å². The van der Waals surface area contributed by atoms with Crippen LogP contribution in [0.2, 0.25) is 0 Å². The van der Waals surface area contributed by atoms with E-state index in [0.717, 1.165) is 31.2 Å². The van der Waals surface area contributed by atoms with Crippen molar-refractivity contribution in [1.29, 1.82) is 0 Å². The second-order valence-electron chi connectivity index (χ2n) is 6.33. The summed E-state index contributed by atoms with van der Waals surface area (Å²) in [5.74, 6) is 0.329. The molecule has 0 fully saturated rings. The van der Waals surface area contributed by atoms with Gasteiger partial charge in [0, 0.05) is 44.5 Å². The molecule has 0 heterocycles. The number of benzene rings is 2. The average Bonchev–Trinajstić information content (AvgIpc) is 2.68. The number of nitrogens with one attached hydrogen (secondary N) is 2. The predicted molar refractivity (Wildman–Crippen MR) is 112 cm³/mol. The molecule has 0 unspecified atom stereocenters. The van der Waals surface area contributed by atoms with Crippen molar-refractivity contribution in [2.75, 3.05) is 31.6 Å². The Kier molecular flexibility index (Phi) is 7.67. The Balaban J connectivity index is 1.81. The molecule has 0 saturated heterocycles. The van der Waals surface area contributed by atoms with Crippen LogP contribution < -0.4 is 21.3 Å². The molecule has 1 amide bonds. The number of rotatable bonds is 8. The van der Waals surface area contributed by atoms with Gasteiger partial charge in [-0.1, -0.05) is 24.3 Å². The van der Waals surface area contributed by atoms with Crippen LogP contribution in [-0.2, 0) is 6.54 Å². The third-order valence-corrected chi connectivity index (χ3v) is 4.34. The summed E-state index contributed by atoms with van der Waals surface area (Å²) in [5.41, 5.74) is 9.32. The largest absolute Gasteiger partial charge is 0.370 e. The first-order valence-corrected chi connectivity index (χ1v) is 9.18. The van der Waals surface area contributed by atoms with Crippen LogP contribution in [-0.4, -0.2) is 38.5 Å². The quantitative estimate of drug-likeness (QED) is 0.494. The van der Waals surface area contributed by atoms with Crippen LogP contribution in [0.1, 0.15) is 28.4 Å². The van der Waals surface area contributed by atoms with Crippen LogP contribution in [0.25, 0.3) is 0 Å². The number of primary amides is 1. The summed E-state index contributed by atoms with van der Waals surface area (Å²) >= 11 is 0. The van der Waals surface area contributed by atoms with E-state index < -0.39 is 5.91 Å². The number of nitrogens with zero attached hydrogens (tertiary/aromatic N) is 2. The fourth-order valence-corrected chi connectivity index (χ4v) is 2.80. The number of guanidine groups is 1. The minimum atomic E-state index is -0.416. The summed E-state index contributed by atoms with van der Waals surface area (Å²) in [5, 5.41) is 6.62. The number of hydrogen-bond acceptors (Lipinski definition) is 3. The van der Waals surface area contributed by atoms with E-state index in [9.17, 15) is 4.79 Å². The van der Waals surface area contributed by atoms with Gasteiger partial charge in [-0.3, -0.25) is 9.79 Å². The van der Waals surface area contributed by atoms with Crippen molar-refractivity contribution in [3.05, 3.63) is 65.2 Å². The molecule has 0 radical (unpaired) electrons. The lowest BCUT2D eigenvalue weighted by Gasteiger charge is -2.24. The van der Waals surface area contributed by atoms with E-state index >= 15 is 0 Å². The average molecular weight is 367 g/mol. The first kappa shape index (κ1) is 20.3. The van der Waals surface area contributed by atoms with E-state index in [1.54, 1.807) is 19.2 Å². The zero-order valence-corrected chi connectivity index (χ0v) is 16.3. The van der Waals surface area contributed by atoms with E-state index in [4.69, 9.17) is 5.73 Å². The number of amides is 1. The summed E-state index contributed by atoms with van der Waals surface area (Å²) in [6, 6.07) is 15.8. The van der Waals surface area contributed by atoms with Crippen LogP contribution in [0.4, 0.5) is 5.69 Å². The maximum absolute atomic E-state index is 11.1. The molecule has 0 saturated carbocycles. The number of anilines is 1. The topological polar surface area (TPSA) is 82.8 Å². The van der Waals surface area contributed by atoms with E-state index in [0.29, 0.717) is 12.1 Å². The Morgan fingerprint density at radius 1 is 1.15 bits per heavy atom. The van der Waals surface area contributed by atoms with E-state index in [-0.39, 0.29) is 0 Å². The zero-order valence-electron chi connectivity index (χ0n) is 16.3. The summed E-state index contributed by atoms with van der Waals surface area (Å²) in [6.07, 6.45) is 0. The minimum Gasteiger partial charge on any atom is -0.370 e. The van der Waals surface area contributed by atoms with Gasteiger partial charge in [0.1, 0.15) is 0 Å². The number of nitrogens with two attached hydrogens (primary N) is 1. The standard InChI is InChI=1S/C21H29N5O/c1-4-26(19-7-5-6-16(2)14-19)13-12-24-21(23-3)25-15-17-8-10-18(11-9-17)20(22)27/h5-11,14H,4,12-13,15H2,1-3H3,(H2,22,27)(H2,23,24,25). The number of carbonyl (C=O) groups excluding carboxylic acids is 1. The Labute approximate surface area is 161 Å². The van der Waals surface area contributed by atoms with Crippen molar-refractivity contribution in [2.45, 2.75) is 20.4 Å². The van der Waals surface area contributed by atoms with E-state index in [1.165, 1.54) is 11.3 Å². The SMILES string of the molecule is CCN(CCNC(=NC)NCc1ccc(C(N)=O)cc1)c1cccc(C)c1. The fourth-order valence-electron chi connectivity index (χ4n) is 2.80. The molecule has 0 aromatic heterocycles. The van der Waals surface area contributed by atoms with Crippen molar-refractivity contribution in [3.63, 3.8) is 0 Å². The van der Waals surface area contributed by atoms with Gasteiger partial charge >= 0.3 is 0 Å². The number of aryl methyl sites for hydroxylation is 1. The lowest BCUT2D eigenvalue weighted by molar-refractivity contribution is 0.100. The summed E-state index contributed by atoms with van der Waals surface area (Å²) < 4.78 is 0. The second-order valence-corrected chi connectivity index (χ2v) is 6.33. The maximum atomic E-state index is 11.1. The van der Waals surface area contributed by atoms with Crippen LogP contribution >= 0.6 is 0 Å². The third-order valence-electron chi connectivity index (χ3n) is 4.34. The van der Waals surface area contributed by atoms with Crippen LogP contribution in [0.5, 0.6) is 0 Å². The smallest absolute Gasteiger partial charge is 0.248 e. The second kappa shape index (κ2) is 10.2. The molecule has 0 aliphatic heterocycles. The van der Waals surface area contributed by atoms with Crippen LogP contribution in [0.3, 0.4) is 0 Å². The predicted octanol–water partition coefficient (Wildman–Crippen LogP) is 2.29. The molecule has 2 aromatic carbocycles. The number of carbonyl (C=O) groups is 1. The molecule has 0 spiro atoms. The van der Waals surface area contributed by atoms with Crippen molar-refractivity contribution in [3.8, 4) is 0 Å². The van der Waals surface area contributed by atoms with Crippen LogP contribution in [0.15, 0.2) is 53.5 Å². The highest BCUT2D eigenvalue weighted by atomic mass is 16.1. The summed E-state index contributed by atoms with van der Waals surface area (Å²) in [7, 11) is 1.75. The molecule has 6 heteroatoms. The van der Waals surface area contributed by atoms with Crippen molar-refractivity contribution in [2.24, 2.45) is 10.7 Å². The molecular formula is C21H29N5O. The number of hydrogen-bond donors (Lipinski definition) is 3. The maximum Gasteiger partial charge on any atom is 0.248 e. The van der Waals surface area contributed by atoms with E-state index in [1.807, 2.05) is 12.1 Å². The molecule has 4 N–H and O–H groups in total. The van der Waals surface area contributed by atoms with Crippen molar-refractivity contribution < 1.29 is 4.79 Å². The lowest BCUT2D eigenvalue weighted by atomic mass is 10.1. The highest BCUT2D eigenvalue weighted by molar-refractivity contribution is 5.92. The summed E-state index contributed by atoms with van der Waals surface area (Å²) in [4.78, 5) is 17.7. The first-order chi connectivity index (χ1) is 13.0. The molecule has 0 bridgehead atoms. The molecule has 144 valence electrons. The molecule has 2 rings (SSSR count). The van der Waals surface area contributed by atoms with Gasteiger partial charge < -0.3 is 21.3 Å². The van der Waals surface area contributed by atoms with Gasteiger partial charge in [0.15, 0.2) is 5.96 Å². The molecule has 0 atom stereocenters. The Morgan fingerprint density at radius 3 is 2.48 bits per heavy atom. The molecule has 6 nitrogen and oxygen atoms in total. The van der Waals surface area contributed by atoms with Gasteiger partial charge in [0.2, 0.25) is 5.91 Å². The summed E-state index contributed by atoms with van der Waals surface area (Å²) in [6.45, 7) is 7.50. The molecular weight excluding hydrogens is 338 g/mol. The van der Waals surface area contributed by atoms with Gasteiger partial charge in [0.25, 0.3) is 0 Å². The monoisotopic (exact) mass is 367 g/mol.